The van der Waals surface area contributed by atoms with Crippen LogP contribution in [-0.2, 0) is 11.2 Å². The van der Waals surface area contributed by atoms with Crippen molar-refractivity contribution < 1.29 is 9.21 Å². The summed E-state index contributed by atoms with van der Waals surface area (Å²) in [5.41, 5.74) is 0. The Kier molecular flexibility index (Phi) is 6.70. The minimum atomic E-state index is 0.0618. The number of amides is 1. The Morgan fingerprint density at radius 2 is 1.88 bits per heavy atom. The molecule has 134 valence electrons. The zero-order valence-corrected chi connectivity index (χ0v) is 15.3. The van der Waals surface area contributed by atoms with E-state index >= 15 is 0 Å². The van der Waals surface area contributed by atoms with Crippen LogP contribution in [0.25, 0.3) is 0 Å². The van der Waals surface area contributed by atoms with Crippen molar-refractivity contribution in [2.75, 3.05) is 32.7 Å². The highest BCUT2D eigenvalue weighted by Gasteiger charge is 2.24. The Balaban J connectivity index is 1.92. The minimum absolute atomic E-state index is 0.0618. The van der Waals surface area contributed by atoms with Gasteiger partial charge in [0.2, 0.25) is 5.91 Å². The van der Waals surface area contributed by atoms with Crippen LogP contribution in [0.4, 0.5) is 0 Å². The molecule has 1 aromatic rings. The van der Waals surface area contributed by atoms with Crippen LogP contribution in [-0.4, -0.2) is 60.4 Å². The highest BCUT2D eigenvalue weighted by Crippen LogP contribution is 2.08. The van der Waals surface area contributed by atoms with Crippen molar-refractivity contribution in [3.8, 4) is 0 Å². The first kappa shape index (κ1) is 18.4. The summed E-state index contributed by atoms with van der Waals surface area (Å²) in [7, 11) is 0. The molecular formula is C18H30N4O2. The van der Waals surface area contributed by atoms with E-state index in [0.717, 1.165) is 44.3 Å². The normalized spacial score (nSPS) is 16.2. The summed E-state index contributed by atoms with van der Waals surface area (Å²) in [6, 6.07) is 4.20. The molecule has 1 fully saturated rings. The van der Waals surface area contributed by atoms with Gasteiger partial charge in [-0.2, -0.15) is 0 Å². The number of rotatable bonds is 5. The molecule has 0 spiro atoms. The number of guanidine groups is 1. The van der Waals surface area contributed by atoms with E-state index in [1.807, 2.05) is 30.9 Å². The van der Waals surface area contributed by atoms with Crippen molar-refractivity contribution in [1.82, 2.24) is 15.1 Å². The zero-order valence-electron chi connectivity index (χ0n) is 15.3. The van der Waals surface area contributed by atoms with Gasteiger partial charge >= 0.3 is 0 Å². The number of piperazine rings is 1. The summed E-state index contributed by atoms with van der Waals surface area (Å²) in [6.45, 7) is 12.0. The number of nitrogens with zero attached hydrogens (tertiary/aromatic N) is 3. The topological polar surface area (TPSA) is 61.1 Å². The van der Waals surface area contributed by atoms with Gasteiger partial charge in [-0.25, -0.2) is 0 Å². The van der Waals surface area contributed by atoms with Crippen molar-refractivity contribution in [3.05, 3.63) is 24.2 Å². The monoisotopic (exact) mass is 334 g/mol. The van der Waals surface area contributed by atoms with E-state index in [1.54, 1.807) is 6.26 Å². The Hall–Kier alpha value is -1.98. The van der Waals surface area contributed by atoms with E-state index < -0.39 is 0 Å². The van der Waals surface area contributed by atoms with Crippen LogP contribution in [0.2, 0.25) is 0 Å². The van der Waals surface area contributed by atoms with Crippen LogP contribution >= 0.6 is 0 Å². The van der Waals surface area contributed by atoms with Crippen LogP contribution < -0.4 is 5.32 Å². The molecule has 0 unspecified atom stereocenters. The molecule has 0 saturated carbocycles. The smallest absolute Gasteiger partial charge is 0.225 e. The summed E-state index contributed by atoms with van der Waals surface area (Å²) in [4.78, 5) is 21.0. The Labute approximate surface area is 144 Å². The molecule has 1 aliphatic heterocycles. The number of aliphatic imine (C=N–C) groups is 1. The second kappa shape index (κ2) is 8.76. The third kappa shape index (κ3) is 5.28. The fraction of sp³-hybridized carbons (Fsp3) is 0.667. The SMILES string of the molecule is CC(C)NC(=NCCc1ccco1)N1CCN(C(=O)C(C)C)CC1. The zero-order chi connectivity index (χ0) is 17.5. The molecule has 0 radical (unpaired) electrons. The van der Waals surface area contributed by atoms with Gasteiger partial charge in [0, 0.05) is 51.1 Å². The van der Waals surface area contributed by atoms with Crippen molar-refractivity contribution in [3.63, 3.8) is 0 Å². The lowest BCUT2D eigenvalue weighted by Crippen LogP contribution is -2.55. The Morgan fingerprint density at radius 3 is 2.42 bits per heavy atom. The molecule has 1 amide bonds. The molecule has 2 rings (SSSR count). The second-order valence-corrected chi connectivity index (χ2v) is 6.80. The van der Waals surface area contributed by atoms with Crippen LogP contribution in [0.3, 0.4) is 0 Å². The van der Waals surface area contributed by atoms with Gasteiger partial charge in [0.1, 0.15) is 5.76 Å². The highest BCUT2D eigenvalue weighted by molar-refractivity contribution is 5.81. The summed E-state index contributed by atoms with van der Waals surface area (Å²) in [5.74, 6) is 2.18. The van der Waals surface area contributed by atoms with Crippen molar-refractivity contribution in [2.45, 2.75) is 40.2 Å². The lowest BCUT2D eigenvalue weighted by molar-refractivity contribution is -0.135. The number of hydrogen-bond acceptors (Lipinski definition) is 3. The Bertz CT molecular complexity index is 529. The fourth-order valence-corrected chi connectivity index (χ4v) is 2.73. The number of carbonyl (C=O) groups is 1. The summed E-state index contributed by atoms with van der Waals surface area (Å²) < 4.78 is 5.36. The average Bonchev–Trinajstić information content (AvgIpc) is 3.06. The van der Waals surface area contributed by atoms with Gasteiger partial charge < -0.3 is 19.5 Å². The predicted octanol–water partition coefficient (Wildman–Crippen LogP) is 1.98. The quantitative estimate of drug-likeness (QED) is 0.661. The van der Waals surface area contributed by atoms with Crippen LogP contribution in [0.1, 0.15) is 33.5 Å². The molecule has 1 aromatic heterocycles. The van der Waals surface area contributed by atoms with Crippen molar-refractivity contribution in [1.29, 1.82) is 0 Å². The van der Waals surface area contributed by atoms with Gasteiger partial charge in [-0.15, -0.1) is 0 Å². The number of furan rings is 1. The standard InChI is InChI=1S/C18H30N4O2/c1-14(2)17(23)21-9-11-22(12-10-21)18(20-15(3)4)19-8-7-16-6-5-13-24-16/h5-6,13-15H,7-12H2,1-4H3,(H,19,20). The van der Waals surface area contributed by atoms with E-state index in [1.165, 1.54) is 0 Å². The maximum atomic E-state index is 12.1. The molecule has 6 nitrogen and oxygen atoms in total. The van der Waals surface area contributed by atoms with Gasteiger partial charge in [0.15, 0.2) is 5.96 Å². The summed E-state index contributed by atoms with van der Waals surface area (Å²) in [6.07, 6.45) is 2.49. The van der Waals surface area contributed by atoms with Crippen molar-refractivity contribution >= 4 is 11.9 Å². The molecule has 0 aliphatic carbocycles. The van der Waals surface area contributed by atoms with Gasteiger partial charge in [0.25, 0.3) is 0 Å². The van der Waals surface area contributed by atoms with E-state index in [9.17, 15) is 4.79 Å². The van der Waals surface area contributed by atoms with E-state index in [4.69, 9.17) is 9.41 Å². The lowest BCUT2D eigenvalue weighted by Gasteiger charge is -2.37. The third-order valence-electron chi connectivity index (χ3n) is 4.00. The maximum Gasteiger partial charge on any atom is 0.225 e. The molecule has 24 heavy (non-hydrogen) atoms. The summed E-state index contributed by atoms with van der Waals surface area (Å²) in [5, 5.41) is 3.44. The molecule has 6 heteroatoms. The molecular weight excluding hydrogens is 304 g/mol. The molecule has 0 aromatic carbocycles. The first-order valence-corrected chi connectivity index (χ1v) is 8.84. The van der Waals surface area contributed by atoms with E-state index in [-0.39, 0.29) is 11.8 Å². The molecule has 2 heterocycles. The van der Waals surface area contributed by atoms with E-state index in [2.05, 4.69) is 24.1 Å². The number of carbonyl (C=O) groups excluding carboxylic acids is 1. The minimum Gasteiger partial charge on any atom is -0.469 e. The highest BCUT2D eigenvalue weighted by atomic mass is 16.3. The van der Waals surface area contributed by atoms with Gasteiger partial charge in [-0.3, -0.25) is 9.79 Å². The van der Waals surface area contributed by atoms with Gasteiger partial charge in [0.05, 0.1) is 6.26 Å². The molecule has 1 N–H and O–H groups in total. The second-order valence-electron chi connectivity index (χ2n) is 6.80. The maximum absolute atomic E-state index is 12.1. The van der Waals surface area contributed by atoms with Gasteiger partial charge in [-0.05, 0) is 26.0 Å². The predicted molar refractivity (Wildman–Crippen MR) is 96.0 cm³/mol. The van der Waals surface area contributed by atoms with Crippen molar-refractivity contribution in [2.24, 2.45) is 10.9 Å². The van der Waals surface area contributed by atoms with Crippen LogP contribution in [0.5, 0.6) is 0 Å². The number of nitrogens with one attached hydrogen (secondary N) is 1. The lowest BCUT2D eigenvalue weighted by atomic mass is 10.1. The largest absolute Gasteiger partial charge is 0.469 e. The summed E-state index contributed by atoms with van der Waals surface area (Å²) >= 11 is 0. The fourth-order valence-electron chi connectivity index (χ4n) is 2.73. The first-order valence-electron chi connectivity index (χ1n) is 8.84. The number of hydrogen-bond donors (Lipinski definition) is 1. The average molecular weight is 334 g/mol. The van der Waals surface area contributed by atoms with Crippen LogP contribution in [0.15, 0.2) is 27.8 Å². The molecule has 0 bridgehead atoms. The Morgan fingerprint density at radius 1 is 1.21 bits per heavy atom. The third-order valence-corrected chi connectivity index (χ3v) is 4.00. The van der Waals surface area contributed by atoms with E-state index in [0.29, 0.717) is 12.6 Å². The molecule has 0 atom stereocenters. The van der Waals surface area contributed by atoms with Gasteiger partial charge in [-0.1, -0.05) is 13.8 Å². The molecule has 1 saturated heterocycles. The van der Waals surface area contributed by atoms with Crippen LogP contribution in [0, 0.1) is 5.92 Å². The molecule has 1 aliphatic rings. The first-order chi connectivity index (χ1) is 11.5.